The van der Waals surface area contributed by atoms with Crippen LogP contribution in [-0.4, -0.2) is 34.9 Å². The van der Waals surface area contributed by atoms with Gasteiger partial charge in [0.15, 0.2) is 0 Å². The Morgan fingerprint density at radius 3 is 2.86 bits per heavy atom. The van der Waals surface area contributed by atoms with Crippen LogP contribution in [0.1, 0.15) is 42.8 Å². The van der Waals surface area contributed by atoms with Gasteiger partial charge in [0, 0.05) is 11.7 Å². The molecule has 5 rings (SSSR count). The first-order valence-corrected chi connectivity index (χ1v) is 11.0. The van der Waals surface area contributed by atoms with Gasteiger partial charge in [0.1, 0.15) is 5.01 Å². The number of likely N-dealkylation sites (tertiary alicyclic amines) is 1. The molecule has 2 aliphatic heterocycles. The highest BCUT2D eigenvalue weighted by atomic mass is 32.1. The smallest absolute Gasteiger partial charge is 0.241 e. The molecule has 3 heterocycles. The number of rotatable bonds is 3. The van der Waals surface area contributed by atoms with Gasteiger partial charge < -0.3 is 4.90 Å². The first-order valence-electron chi connectivity index (χ1n) is 10.2. The van der Waals surface area contributed by atoms with Gasteiger partial charge in [-0.3, -0.25) is 9.69 Å². The summed E-state index contributed by atoms with van der Waals surface area (Å²) in [6, 6.07) is 17.1. The van der Waals surface area contributed by atoms with Crippen molar-refractivity contribution in [3.05, 3.63) is 59.1 Å². The fourth-order valence-electron chi connectivity index (χ4n) is 4.69. The molecule has 0 N–H and O–H groups in total. The van der Waals surface area contributed by atoms with Crippen molar-refractivity contribution in [2.75, 3.05) is 18.0 Å². The monoisotopic (exact) mass is 391 g/mol. The molecule has 28 heavy (non-hydrogen) atoms. The van der Waals surface area contributed by atoms with E-state index in [1.165, 1.54) is 16.7 Å². The van der Waals surface area contributed by atoms with Gasteiger partial charge in [0.05, 0.1) is 22.8 Å². The van der Waals surface area contributed by atoms with E-state index in [-0.39, 0.29) is 18.0 Å². The second kappa shape index (κ2) is 7.30. The van der Waals surface area contributed by atoms with Crippen LogP contribution < -0.4 is 4.90 Å². The number of para-hydroxylation sites is 2. The summed E-state index contributed by atoms with van der Waals surface area (Å²) in [5.74, 6) is 0.213. The number of anilines is 1. The third kappa shape index (κ3) is 3.12. The van der Waals surface area contributed by atoms with E-state index in [4.69, 9.17) is 4.98 Å². The van der Waals surface area contributed by atoms with Gasteiger partial charge in [-0.1, -0.05) is 36.8 Å². The molecule has 3 aromatic rings. The molecule has 144 valence electrons. The summed E-state index contributed by atoms with van der Waals surface area (Å²) in [6.45, 7) is 3.59. The average Bonchev–Trinajstić information content (AvgIpc) is 3.28. The van der Waals surface area contributed by atoms with Gasteiger partial charge in [-0.15, -0.1) is 11.3 Å². The molecule has 2 aliphatic rings. The van der Waals surface area contributed by atoms with Crippen LogP contribution in [0.15, 0.2) is 48.5 Å². The Labute approximate surface area is 169 Å². The van der Waals surface area contributed by atoms with Crippen molar-refractivity contribution in [1.29, 1.82) is 0 Å². The topological polar surface area (TPSA) is 36.4 Å². The fourth-order valence-corrected chi connectivity index (χ4v) is 5.83. The SMILES string of the molecule is C[C@H]1Cc2ccccc2N1C(=O)CN1CCCC[C@@H]1c1nc2ccccc2s1. The third-order valence-electron chi connectivity index (χ3n) is 6.02. The van der Waals surface area contributed by atoms with Gasteiger partial charge in [-0.2, -0.15) is 0 Å². The third-order valence-corrected chi connectivity index (χ3v) is 7.16. The van der Waals surface area contributed by atoms with Crippen LogP contribution in [0, 0.1) is 0 Å². The number of carbonyl (C=O) groups is 1. The Hall–Kier alpha value is -2.24. The minimum Gasteiger partial charge on any atom is -0.308 e. The summed E-state index contributed by atoms with van der Waals surface area (Å²) in [6.07, 6.45) is 4.39. The van der Waals surface area contributed by atoms with E-state index >= 15 is 0 Å². The molecule has 1 fully saturated rings. The Morgan fingerprint density at radius 2 is 1.96 bits per heavy atom. The van der Waals surface area contributed by atoms with E-state index in [2.05, 4.69) is 48.2 Å². The molecular formula is C23H25N3OS. The number of nitrogens with zero attached hydrogens (tertiary/aromatic N) is 3. The van der Waals surface area contributed by atoms with Crippen LogP contribution in [0.2, 0.25) is 0 Å². The van der Waals surface area contributed by atoms with Gasteiger partial charge in [-0.25, -0.2) is 4.98 Å². The summed E-state index contributed by atoms with van der Waals surface area (Å²) < 4.78 is 1.23. The second-order valence-electron chi connectivity index (χ2n) is 7.95. The molecule has 1 amide bonds. The molecule has 0 radical (unpaired) electrons. The molecule has 2 atom stereocenters. The summed E-state index contributed by atoms with van der Waals surface area (Å²) in [5.41, 5.74) is 3.44. The van der Waals surface area contributed by atoms with Crippen molar-refractivity contribution in [3.8, 4) is 0 Å². The summed E-state index contributed by atoms with van der Waals surface area (Å²) >= 11 is 1.78. The predicted octanol–water partition coefficient (Wildman–Crippen LogP) is 4.80. The predicted molar refractivity (Wildman–Crippen MR) is 115 cm³/mol. The first-order chi connectivity index (χ1) is 13.7. The summed E-state index contributed by atoms with van der Waals surface area (Å²) in [4.78, 5) is 22.6. The van der Waals surface area contributed by atoms with E-state index in [1.807, 2.05) is 17.0 Å². The van der Waals surface area contributed by atoms with Gasteiger partial charge in [0.2, 0.25) is 5.91 Å². The lowest BCUT2D eigenvalue weighted by Gasteiger charge is -2.35. The van der Waals surface area contributed by atoms with Crippen molar-refractivity contribution in [3.63, 3.8) is 0 Å². The second-order valence-corrected chi connectivity index (χ2v) is 9.01. The zero-order valence-electron chi connectivity index (χ0n) is 16.2. The van der Waals surface area contributed by atoms with Crippen molar-refractivity contribution < 1.29 is 4.79 Å². The number of fused-ring (bicyclic) bond motifs is 2. The molecular weight excluding hydrogens is 366 g/mol. The maximum atomic E-state index is 13.3. The Morgan fingerprint density at radius 1 is 1.14 bits per heavy atom. The Bertz CT molecular complexity index is 981. The summed E-state index contributed by atoms with van der Waals surface area (Å²) in [5, 5.41) is 1.16. The maximum absolute atomic E-state index is 13.3. The number of amides is 1. The highest BCUT2D eigenvalue weighted by Gasteiger charge is 2.34. The van der Waals surface area contributed by atoms with Crippen molar-refractivity contribution in [2.45, 2.75) is 44.7 Å². The fraction of sp³-hybridized carbons (Fsp3) is 0.391. The molecule has 0 spiro atoms. The van der Waals surface area contributed by atoms with Crippen molar-refractivity contribution >= 4 is 33.1 Å². The molecule has 0 unspecified atom stereocenters. The quantitative estimate of drug-likeness (QED) is 0.643. The molecule has 2 aromatic carbocycles. The van der Waals surface area contributed by atoms with E-state index in [0.717, 1.165) is 42.0 Å². The zero-order valence-corrected chi connectivity index (χ0v) is 17.0. The van der Waals surface area contributed by atoms with Crippen LogP contribution in [-0.2, 0) is 11.2 Å². The lowest BCUT2D eigenvalue weighted by molar-refractivity contribution is -0.121. The number of aromatic nitrogens is 1. The standard InChI is InChI=1S/C23H25N3OS/c1-16-14-17-8-2-4-10-19(17)26(16)22(27)15-25-13-7-6-11-20(25)23-24-18-9-3-5-12-21(18)28-23/h2-5,8-10,12,16,20H,6-7,11,13-15H2,1H3/t16-,20+/m0/s1. The number of benzene rings is 2. The summed E-state index contributed by atoms with van der Waals surface area (Å²) in [7, 11) is 0. The largest absolute Gasteiger partial charge is 0.308 e. The van der Waals surface area contributed by atoms with E-state index < -0.39 is 0 Å². The number of piperidine rings is 1. The lowest BCUT2D eigenvalue weighted by Crippen LogP contribution is -2.45. The number of hydrogen-bond donors (Lipinski definition) is 0. The average molecular weight is 392 g/mol. The van der Waals surface area contributed by atoms with Gasteiger partial charge in [-0.05, 0) is 56.5 Å². The lowest BCUT2D eigenvalue weighted by atomic mass is 10.0. The highest BCUT2D eigenvalue weighted by Crippen LogP contribution is 2.37. The van der Waals surface area contributed by atoms with Crippen LogP contribution in [0.25, 0.3) is 10.2 Å². The van der Waals surface area contributed by atoms with E-state index in [9.17, 15) is 4.79 Å². The van der Waals surface area contributed by atoms with Crippen LogP contribution in [0.5, 0.6) is 0 Å². The van der Waals surface area contributed by atoms with E-state index in [1.54, 1.807) is 11.3 Å². The van der Waals surface area contributed by atoms with Crippen LogP contribution >= 0.6 is 11.3 Å². The molecule has 5 heteroatoms. The van der Waals surface area contributed by atoms with Crippen LogP contribution in [0.4, 0.5) is 5.69 Å². The Kier molecular flexibility index (Phi) is 4.65. The van der Waals surface area contributed by atoms with E-state index in [0.29, 0.717) is 6.54 Å². The van der Waals surface area contributed by atoms with Crippen molar-refractivity contribution in [2.24, 2.45) is 0 Å². The molecule has 4 nitrogen and oxygen atoms in total. The molecule has 0 saturated carbocycles. The van der Waals surface area contributed by atoms with Gasteiger partial charge in [0.25, 0.3) is 0 Å². The van der Waals surface area contributed by atoms with Crippen LogP contribution in [0.3, 0.4) is 0 Å². The molecule has 1 aromatic heterocycles. The minimum absolute atomic E-state index is 0.213. The van der Waals surface area contributed by atoms with Crippen molar-refractivity contribution in [1.82, 2.24) is 9.88 Å². The number of carbonyl (C=O) groups excluding carboxylic acids is 1. The molecule has 1 saturated heterocycles. The Balaban J connectivity index is 1.39. The van der Waals surface area contributed by atoms with Gasteiger partial charge >= 0.3 is 0 Å². The minimum atomic E-state index is 0.213. The normalized spacial score (nSPS) is 22.5. The molecule has 0 bridgehead atoms. The zero-order chi connectivity index (χ0) is 19.1. The number of thiazole rings is 1. The highest BCUT2D eigenvalue weighted by molar-refractivity contribution is 7.18. The maximum Gasteiger partial charge on any atom is 0.241 e. The molecule has 0 aliphatic carbocycles. The number of hydrogen-bond acceptors (Lipinski definition) is 4. The first kappa shape index (κ1) is 17.8.